The van der Waals surface area contributed by atoms with E-state index in [1.165, 1.54) is 0 Å². The number of nitrogens with one attached hydrogen (secondary N) is 1. The fraction of sp³-hybridized carbons (Fsp3) is 0.227. The highest BCUT2D eigenvalue weighted by Gasteiger charge is 2.19. The molecule has 3 aromatic rings. The minimum Gasteiger partial charge on any atom is -0.353 e. The van der Waals surface area contributed by atoms with Crippen molar-refractivity contribution in [2.45, 2.75) is 6.92 Å². The van der Waals surface area contributed by atoms with Crippen molar-refractivity contribution in [1.82, 2.24) is 9.97 Å². The van der Waals surface area contributed by atoms with Gasteiger partial charge in [0.2, 0.25) is 0 Å². The zero-order valence-electron chi connectivity index (χ0n) is 15.9. The van der Waals surface area contributed by atoms with Crippen LogP contribution in [0.4, 0.5) is 17.3 Å². The van der Waals surface area contributed by atoms with Gasteiger partial charge in [0.25, 0.3) is 5.91 Å². The second-order valence-electron chi connectivity index (χ2n) is 6.89. The van der Waals surface area contributed by atoms with E-state index in [4.69, 9.17) is 0 Å². The monoisotopic (exact) mass is 373 g/mol. The molecule has 1 aliphatic heterocycles. The van der Waals surface area contributed by atoms with Gasteiger partial charge in [0.1, 0.15) is 11.6 Å². The molecule has 1 aromatic carbocycles. The zero-order valence-corrected chi connectivity index (χ0v) is 15.9. The normalized spacial score (nSPS) is 14.0. The molecule has 28 heavy (non-hydrogen) atoms. The predicted molar refractivity (Wildman–Crippen MR) is 112 cm³/mol. The molecule has 0 unspecified atom stereocenters. The first-order valence-corrected chi connectivity index (χ1v) is 9.44. The third-order valence-electron chi connectivity index (χ3n) is 4.90. The Morgan fingerprint density at radius 1 is 0.857 bits per heavy atom. The van der Waals surface area contributed by atoms with Crippen LogP contribution in [0.15, 0.2) is 67.0 Å². The van der Waals surface area contributed by atoms with Gasteiger partial charge in [0.05, 0.1) is 11.9 Å². The van der Waals surface area contributed by atoms with E-state index in [2.05, 4.69) is 25.1 Å². The Kier molecular flexibility index (Phi) is 5.19. The van der Waals surface area contributed by atoms with Crippen LogP contribution in [0.2, 0.25) is 0 Å². The van der Waals surface area contributed by atoms with Gasteiger partial charge < -0.3 is 15.1 Å². The molecule has 2 aromatic heterocycles. The highest BCUT2D eigenvalue weighted by atomic mass is 16.1. The summed E-state index contributed by atoms with van der Waals surface area (Å²) in [5.74, 6) is 1.82. The lowest BCUT2D eigenvalue weighted by atomic mass is 10.1. The summed E-state index contributed by atoms with van der Waals surface area (Å²) in [6.45, 7) is 5.59. The number of hydrogen-bond acceptors (Lipinski definition) is 5. The number of carbonyl (C=O) groups excluding carboxylic acids is 1. The molecule has 6 heteroatoms. The maximum Gasteiger partial charge on any atom is 0.255 e. The Labute approximate surface area is 164 Å². The van der Waals surface area contributed by atoms with Crippen LogP contribution in [0.1, 0.15) is 15.9 Å². The Bertz CT molecular complexity index is 917. The van der Waals surface area contributed by atoms with Crippen LogP contribution in [0.25, 0.3) is 0 Å². The number of aromatic nitrogens is 2. The SMILES string of the molecule is Cc1ccc(C(=O)Nc2ccc(N3CCN(c4ccccn4)CC3)nc2)cc1. The number of rotatable bonds is 4. The molecular weight excluding hydrogens is 350 g/mol. The summed E-state index contributed by atoms with van der Waals surface area (Å²) in [6.07, 6.45) is 3.54. The molecule has 0 aliphatic carbocycles. The van der Waals surface area contributed by atoms with Gasteiger partial charge in [-0.1, -0.05) is 23.8 Å². The van der Waals surface area contributed by atoms with Crippen molar-refractivity contribution >= 4 is 23.2 Å². The number of pyridine rings is 2. The van der Waals surface area contributed by atoms with E-state index in [0.717, 1.165) is 43.4 Å². The molecule has 0 atom stereocenters. The summed E-state index contributed by atoms with van der Waals surface area (Å²) >= 11 is 0. The van der Waals surface area contributed by atoms with Gasteiger partial charge in [-0.3, -0.25) is 4.79 Å². The van der Waals surface area contributed by atoms with E-state index < -0.39 is 0 Å². The lowest BCUT2D eigenvalue weighted by Crippen LogP contribution is -2.47. The molecule has 6 nitrogen and oxygen atoms in total. The average molecular weight is 373 g/mol. The predicted octanol–water partition coefficient (Wildman–Crippen LogP) is 3.36. The van der Waals surface area contributed by atoms with Crippen molar-refractivity contribution in [2.75, 3.05) is 41.3 Å². The first kappa shape index (κ1) is 18.0. The molecule has 0 spiro atoms. The number of hydrogen-bond donors (Lipinski definition) is 1. The van der Waals surface area contributed by atoms with Crippen molar-refractivity contribution in [3.8, 4) is 0 Å². The minimum absolute atomic E-state index is 0.126. The molecule has 0 bridgehead atoms. The Hall–Kier alpha value is -3.41. The van der Waals surface area contributed by atoms with Gasteiger partial charge in [0.15, 0.2) is 0 Å². The van der Waals surface area contributed by atoms with Gasteiger partial charge in [-0.05, 0) is 43.3 Å². The van der Waals surface area contributed by atoms with Gasteiger partial charge in [-0.15, -0.1) is 0 Å². The summed E-state index contributed by atoms with van der Waals surface area (Å²) in [7, 11) is 0. The highest BCUT2D eigenvalue weighted by molar-refractivity contribution is 6.04. The van der Waals surface area contributed by atoms with E-state index in [9.17, 15) is 4.79 Å². The molecular formula is C22H23N5O. The summed E-state index contributed by atoms with van der Waals surface area (Å²) in [6, 6.07) is 17.4. The Morgan fingerprint density at radius 2 is 1.54 bits per heavy atom. The van der Waals surface area contributed by atoms with Gasteiger partial charge >= 0.3 is 0 Å². The van der Waals surface area contributed by atoms with Crippen molar-refractivity contribution in [3.05, 3.63) is 78.1 Å². The molecule has 0 radical (unpaired) electrons. The van der Waals surface area contributed by atoms with Crippen LogP contribution < -0.4 is 15.1 Å². The van der Waals surface area contributed by atoms with Gasteiger partial charge in [-0.25, -0.2) is 9.97 Å². The molecule has 1 saturated heterocycles. The Balaban J connectivity index is 1.35. The second-order valence-corrected chi connectivity index (χ2v) is 6.89. The standard InChI is InChI=1S/C22H23N5O/c1-17-5-7-18(8-6-17)22(28)25-19-9-10-21(24-16-19)27-14-12-26(13-15-27)20-4-2-3-11-23-20/h2-11,16H,12-15H2,1H3,(H,25,28). The molecule has 1 aliphatic rings. The third kappa shape index (κ3) is 4.11. The molecule has 1 amide bonds. The quantitative estimate of drug-likeness (QED) is 0.760. The molecule has 4 rings (SSSR count). The second kappa shape index (κ2) is 8.08. The maximum atomic E-state index is 12.3. The number of benzene rings is 1. The summed E-state index contributed by atoms with van der Waals surface area (Å²) in [5.41, 5.74) is 2.47. The lowest BCUT2D eigenvalue weighted by molar-refractivity contribution is 0.102. The van der Waals surface area contributed by atoms with E-state index in [-0.39, 0.29) is 5.91 Å². The number of anilines is 3. The van der Waals surface area contributed by atoms with Crippen LogP contribution in [-0.2, 0) is 0 Å². The molecule has 1 fully saturated rings. The van der Waals surface area contributed by atoms with Crippen LogP contribution in [-0.4, -0.2) is 42.1 Å². The van der Waals surface area contributed by atoms with Crippen LogP contribution in [0.3, 0.4) is 0 Å². The number of piperazine rings is 1. The number of amides is 1. The third-order valence-corrected chi connectivity index (χ3v) is 4.90. The van der Waals surface area contributed by atoms with Crippen molar-refractivity contribution in [1.29, 1.82) is 0 Å². The highest BCUT2D eigenvalue weighted by Crippen LogP contribution is 2.19. The Morgan fingerprint density at radius 3 is 2.11 bits per heavy atom. The van der Waals surface area contributed by atoms with E-state index in [0.29, 0.717) is 11.3 Å². The molecule has 3 heterocycles. The van der Waals surface area contributed by atoms with Crippen LogP contribution >= 0.6 is 0 Å². The van der Waals surface area contributed by atoms with E-state index in [1.54, 1.807) is 6.20 Å². The van der Waals surface area contributed by atoms with E-state index in [1.807, 2.05) is 67.7 Å². The van der Waals surface area contributed by atoms with Crippen molar-refractivity contribution in [2.24, 2.45) is 0 Å². The summed E-state index contributed by atoms with van der Waals surface area (Å²) < 4.78 is 0. The van der Waals surface area contributed by atoms with Crippen molar-refractivity contribution < 1.29 is 4.79 Å². The van der Waals surface area contributed by atoms with Crippen LogP contribution in [0, 0.1) is 6.92 Å². The smallest absolute Gasteiger partial charge is 0.255 e. The fourth-order valence-electron chi connectivity index (χ4n) is 3.26. The number of nitrogens with zero attached hydrogens (tertiary/aromatic N) is 4. The minimum atomic E-state index is -0.126. The molecule has 0 saturated carbocycles. The first-order valence-electron chi connectivity index (χ1n) is 9.44. The fourth-order valence-corrected chi connectivity index (χ4v) is 3.26. The molecule has 1 N–H and O–H groups in total. The lowest BCUT2D eigenvalue weighted by Gasteiger charge is -2.36. The van der Waals surface area contributed by atoms with Crippen molar-refractivity contribution in [3.63, 3.8) is 0 Å². The zero-order chi connectivity index (χ0) is 19.3. The largest absolute Gasteiger partial charge is 0.353 e. The van der Waals surface area contributed by atoms with Gasteiger partial charge in [0, 0.05) is 37.9 Å². The van der Waals surface area contributed by atoms with Gasteiger partial charge in [-0.2, -0.15) is 0 Å². The first-order chi connectivity index (χ1) is 13.7. The van der Waals surface area contributed by atoms with Crippen LogP contribution in [0.5, 0.6) is 0 Å². The maximum absolute atomic E-state index is 12.3. The number of aryl methyl sites for hydroxylation is 1. The van der Waals surface area contributed by atoms with E-state index >= 15 is 0 Å². The summed E-state index contributed by atoms with van der Waals surface area (Å²) in [5, 5.41) is 2.90. The number of carbonyl (C=O) groups is 1. The molecule has 142 valence electrons. The topological polar surface area (TPSA) is 61.4 Å². The average Bonchev–Trinajstić information content (AvgIpc) is 2.75. The summed E-state index contributed by atoms with van der Waals surface area (Å²) in [4.78, 5) is 25.8.